The number of hydrogen-bond donors (Lipinski definition) is 3. The third-order valence-electron chi connectivity index (χ3n) is 2.46. The highest BCUT2D eigenvalue weighted by molar-refractivity contribution is 6.35. The van der Waals surface area contributed by atoms with Crippen molar-refractivity contribution in [2.75, 3.05) is 20.3 Å². The first kappa shape index (κ1) is 18.0. The van der Waals surface area contributed by atoms with Crippen LogP contribution in [0.5, 0.6) is 11.5 Å². The van der Waals surface area contributed by atoms with Gasteiger partial charge in [-0.3, -0.25) is 9.59 Å². The monoisotopic (exact) mass is 323 g/mol. The van der Waals surface area contributed by atoms with Crippen LogP contribution in [0.15, 0.2) is 23.3 Å². The number of nitrogens with one attached hydrogen (secondary N) is 2. The number of aliphatic carboxylic acids is 1. The minimum atomic E-state index is -1.11. The number of amides is 2. The fourth-order valence-electron chi connectivity index (χ4n) is 1.48. The molecular formula is C14H17N3O6. The molecule has 124 valence electrons. The van der Waals surface area contributed by atoms with Crippen molar-refractivity contribution < 1.29 is 29.0 Å². The molecule has 0 heterocycles. The van der Waals surface area contributed by atoms with Crippen LogP contribution in [0, 0.1) is 0 Å². The third-order valence-corrected chi connectivity index (χ3v) is 2.46. The highest BCUT2D eigenvalue weighted by Gasteiger charge is 2.10. The molecule has 0 spiro atoms. The average molecular weight is 323 g/mol. The fraction of sp³-hybridized carbons (Fsp3) is 0.286. The molecule has 0 aromatic heterocycles. The van der Waals surface area contributed by atoms with Crippen molar-refractivity contribution in [1.82, 2.24) is 10.7 Å². The number of rotatable bonds is 7. The first-order valence-corrected chi connectivity index (χ1v) is 6.61. The summed E-state index contributed by atoms with van der Waals surface area (Å²) in [6, 6.07) is 4.63. The number of hydrazone groups is 1. The Morgan fingerprint density at radius 2 is 2.00 bits per heavy atom. The van der Waals surface area contributed by atoms with E-state index in [0.717, 1.165) is 0 Å². The van der Waals surface area contributed by atoms with E-state index >= 15 is 0 Å². The molecule has 9 heteroatoms. The molecule has 1 aromatic rings. The van der Waals surface area contributed by atoms with Gasteiger partial charge in [-0.2, -0.15) is 5.10 Å². The van der Waals surface area contributed by atoms with Crippen LogP contribution < -0.4 is 20.2 Å². The number of likely N-dealkylation sites (N-methyl/N-ethyl adjacent to an activating group) is 1. The molecule has 0 saturated carbocycles. The summed E-state index contributed by atoms with van der Waals surface area (Å²) in [5, 5.41) is 14.6. The lowest BCUT2D eigenvalue weighted by atomic mass is 10.2. The molecule has 9 nitrogen and oxygen atoms in total. The third kappa shape index (κ3) is 6.04. The van der Waals surface area contributed by atoms with Crippen molar-refractivity contribution in [2.45, 2.75) is 6.92 Å². The molecule has 0 fully saturated rings. The Hall–Kier alpha value is -3.10. The van der Waals surface area contributed by atoms with Crippen LogP contribution in [0.2, 0.25) is 0 Å². The number of carboxylic acid groups (broad SMARTS) is 1. The molecule has 0 unspecified atom stereocenters. The van der Waals surface area contributed by atoms with Gasteiger partial charge in [0.05, 0.1) is 13.3 Å². The number of carbonyl (C=O) groups excluding carboxylic acids is 2. The van der Waals surface area contributed by atoms with E-state index in [0.29, 0.717) is 17.9 Å². The number of hydrogen-bond acceptors (Lipinski definition) is 6. The van der Waals surface area contributed by atoms with E-state index in [4.69, 9.17) is 14.6 Å². The molecule has 0 aliphatic carbocycles. The second-order valence-electron chi connectivity index (χ2n) is 4.15. The molecule has 1 rings (SSSR count). The highest BCUT2D eigenvalue weighted by atomic mass is 16.5. The van der Waals surface area contributed by atoms with Gasteiger partial charge in [-0.1, -0.05) is 0 Å². The molecule has 23 heavy (non-hydrogen) atoms. The molecule has 0 aliphatic heterocycles. The molecule has 1 aromatic carbocycles. The zero-order chi connectivity index (χ0) is 17.2. The molecule has 0 radical (unpaired) electrons. The molecule has 0 saturated heterocycles. The fourth-order valence-corrected chi connectivity index (χ4v) is 1.48. The topological polar surface area (TPSA) is 126 Å². The minimum Gasteiger partial charge on any atom is -0.493 e. The Labute approximate surface area is 132 Å². The Morgan fingerprint density at radius 1 is 1.26 bits per heavy atom. The van der Waals surface area contributed by atoms with Crippen molar-refractivity contribution in [2.24, 2.45) is 5.10 Å². The van der Waals surface area contributed by atoms with Gasteiger partial charge in [0.15, 0.2) is 18.1 Å². The SMILES string of the molecule is CCNC(=O)C(=O)N/N=C\c1ccc(OCC(=O)O)c(OC)c1. The summed E-state index contributed by atoms with van der Waals surface area (Å²) in [5.41, 5.74) is 2.63. The van der Waals surface area contributed by atoms with Gasteiger partial charge in [0.1, 0.15) is 0 Å². The second-order valence-corrected chi connectivity index (χ2v) is 4.15. The van der Waals surface area contributed by atoms with Gasteiger partial charge < -0.3 is 19.9 Å². The lowest BCUT2D eigenvalue weighted by molar-refractivity contribution is -0.139. The predicted molar refractivity (Wildman–Crippen MR) is 80.5 cm³/mol. The number of methoxy groups -OCH3 is 1. The summed E-state index contributed by atoms with van der Waals surface area (Å²) in [6.45, 7) is 1.53. The summed E-state index contributed by atoms with van der Waals surface area (Å²) in [7, 11) is 1.40. The minimum absolute atomic E-state index is 0.262. The normalized spacial score (nSPS) is 10.2. The number of nitrogens with zero attached hydrogens (tertiary/aromatic N) is 1. The van der Waals surface area contributed by atoms with Gasteiger partial charge in [0, 0.05) is 6.54 Å². The van der Waals surface area contributed by atoms with Crippen molar-refractivity contribution in [3.8, 4) is 11.5 Å². The molecule has 3 N–H and O–H groups in total. The second kappa shape index (κ2) is 9.03. The van der Waals surface area contributed by atoms with Crippen LogP contribution in [0.1, 0.15) is 12.5 Å². The summed E-state index contributed by atoms with van der Waals surface area (Å²) in [6.07, 6.45) is 1.31. The lowest BCUT2D eigenvalue weighted by Crippen LogP contribution is -2.37. The summed E-state index contributed by atoms with van der Waals surface area (Å²) < 4.78 is 10.1. The van der Waals surface area contributed by atoms with Crippen LogP contribution in [-0.4, -0.2) is 49.4 Å². The molecule has 0 bridgehead atoms. The van der Waals surface area contributed by atoms with Crippen LogP contribution in [-0.2, 0) is 14.4 Å². The van der Waals surface area contributed by atoms with Crippen LogP contribution in [0.4, 0.5) is 0 Å². The van der Waals surface area contributed by atoms with Gasteiger partial charge in [-0.05, 0) is 30.7 Å². The van der Waals surface area contributed by atoms with Gasteiger partial charge in [-0.15, -0.1) is 0 Å². The predicted octanol–water partition coefficient (Wildman–Crippen LogP) is -0.255. The molecule has 0 atom stereocenters. The summed E-state index contributed by atoms with van der Waals surface area (Å²) >= 11 is 0. The average Bonchev–Trinajstić information content (AvgIpc) is 2.53. The summed E-state index contributed by atoms with van der Waals surface area (Å²) in [5.74, 6) is -2.19. The molecule has 2 amide bonds. The zero-order valence-corrected chi connectivity index (χ0v) is 12.7. The van der Waals surface area contributed by atoms with E-state index in [2.05, 4.69) is 15.8 Å². The highest BCUT2D eigenvalue weighted by Crippen LogP contribution is 2.27. The quantitative estimate of drug-likeness (QED) is 0.361. The van der Waals surface area contributed by atoms with E-state index < -0.39 is 24.4 Å². The molecular weight excluding hydrogens is 306 g/mol. The largest absolute Gasteiger partial charge is 0.493 e. The first-order chi connectivity index (χ1) is 11.0. The van der Waals surface area contributed by atoms with E-state index in [9.17, 15) is 14.4 Å². The van der Waals surface area contributed by atoms with Crippen molar-refractivity contribution >= 4 is 24.0 Å². The first-order valence-electron chi connectivity index (χ1n) is 6.61. The number of benzene rings is 1. The van der Waals surface area contributed by atoms with E-state index in [1.165, 1.54) is 19.4 Å². The van der Waals surface area contributed by atoms with Gasteiger partial charge in [-0.25, -0.2) is 10.2 Å². The van der Waals surface area contributed by atoms with Crippen molar-refractivity contribution in [3.63, 3.8) is 0 Å². The Balaban J connectivity index is 2.70. The zero-order valence-electron chi connectivity index (χ0n) is 12.7. The van der Waals surface area contributed by atoms with Gasteiger partial charge >= 0.3 is 17.8 Å². The Morgan fingerprint density at radius 3 is 2.61 bits per heavy atom. The number of carboxylic acids is 1. The van der Waals surface area contributed by atoms with E-state index in [1.807, 2.05) is 0 Å². The van der Waals surface area contributed by atoms with Crippen LogP contribution >= 0.6 is 0 Å². The number of ether oxygens (including phenoxy) is 2. The van der Waals surface area contributed by atoms with Crippen molar-refractivity contribution in [1.29, 1.82) is 0 Å². The smallest absolute Gasteiger partial charge is 0.341 e. The maximum absolute atomic E-state index is 11.3. The maximum Gasteiger partial charge on any atom is 0.341 e. The van der Waals surface area contributed by atoms with Gasteiger partial charge in [0.2, 0.25) is 0 Å². The lowest BCUT2D eigenvalue weighted by Gasteiger charge is -2.09. The van der Waals surface area contributed by atoms with Crippen LogP contribution in [0.3, 0.4) is 0 Å². The standard InChI is InChI=1S/C14H17N3O6/c1-3-15-13(20)14(21)17-16-7-9-4-5-10(11(6-9)22-2)23-8-12(18)19/h4-7H,3,8H2,1-2H3,(H,15,20)(H,17,21)(H,18,19)/b16-7-. The van der Waals surface area contributed by atoms with E-state index in [-0.39, 0.29) is 5.75 Å². The maximum atomic E-state index is 11.3. The Kier molecular flexibility index (Phi) is 7.05. The van der Waals surface area contributed by atoms with Crippen molar-refractivity contribution in [3.05, 3.63) is 23.8 Å². The molecule has 0 aliphatic rings. The van der Waals surface area contributed by atoms with E-state index in [1.54, 1.807) is 19.1 Å². The van der Waals surface area contributed by atoms with Crippen LogP contribution in [0.25, 0.3) is 0 Å². The summed E-state index contributed by atoms with van der Waals surface area (Å²) in [4.78, 5) is 33.0. The van der Waals surface area contributed by atoms with Gasteiger partial charge in [0.25, 0.3) is 0 Å². The Bertz CT molecular complexity index is 615. The number of carbonyl (C=O) groups is 3.